The number of carbonyl (C=O) groups is 1. The minimum atomic E-state index is -4.33. The van der Waals surface area contributed by atoms with Crippen LogP contribution in [0.2, 0.25) is 0 Å². The second-order valence-electron chi connectivity index (χ2n) is 2.98. The molecule has 6 heteroatoms. The second kappa shape index (κ2) is 3.95. The molecule has 0 radical (unpaired) electrons. The molecule has 76 valence electrons. The lowest BCUT2D eigenvalue weighted by Gasteiger charge is -2.12. The third kappa shape index (κ3) is 3.63. The number of rotatable bonds is 2. The number of carbonyl (C=O) groups excluding carboxylic acids is 1. The lowest BCUT2D eigenvalue weighted by atomic mass is 10.2. The van der Waals surface area contributed by atoms with Crippen molar-refractivity contribution in [3.63, 3.8) is 0 Å². The van der Waals surface area contributed by atoms with Crippen LogP contribution < -0.4 is 10.6 Å². The summed E-state index contributed by atoms with van der Waals surface area (Å²) < 4.78 is 35.0. The average molecular weight is 196 g/mol. The molecule has 2 N–H and O–H groups in total. The van der Waals surface area contributed by atoms with Gasteiger partial charge in [0, 0.05) is 0 Å². The van der Waals surface area contributed by atoms with Gasteiger partial charge in [-0.05, 0) is 19.4 Å². The molecule has 13 heavy (non-hydrogen) atoms. The number of hydrogen-bond acceptors (Lipinski definition) is 2. The van der Waals surface area contributed by atoms with Gasteiger partial charge < -0.3 is 10.6 Å². The van der Waals surface area contributed by atoms with Crippen molar-refractivity contribution in [2.45, 2.75) is 25.1 Å². The molecule has 0 aliphatic carbocycles. The van der Waals surface area contributed by atoms with Crippen molar-refractivity contribution in [2.75, 3.05) is 13.1 Å². The summed E-state index contributed by atoms with van der Waals surface area (Å²) in [6.45, 7) is -0.548. The van der Waals surface area contributed by atoms with Crippen molar-refractivity contribution >= 4 is 5.91 Å². The molecular formula is C7H11F3N2O. The minimum Gasteiger partial charge on any atom is -0.346 e. The first-order valence-electron chi connectivity index (χ1n) is 4.07. The van der Waals surface area contributed by atoms with Gasteiger partial charge in [0.2, 0.25) is 5.91 Å². The van der Waals surface area contributed by atoms with E-state index in [0.717, 1.165) is 6.42 Å². The molecule has 1 saturated heterocycles. The van der Waals surface area contributed by atoms with Gasteiger partial charge in [-0.25, -0.2) is 0 Å². The van der Waals surface area contributed by atoms with Crippen LogP contribution in [0.25, 0.3) is 0 Å². The molecule has 0 saturated carbocycles. The Kier molecular flexibility index (Phi) is 3.13. The van der Waals surface area contributed by atoms with Gasteiger partial charge in [0.05, 0.1) is 6.04 Å². The highest BCUT2D eigenvalue weighted by Crippen LogP contribution is 2.12. The third-order valence-corrected chi connectivity index (χ3v) is 1.84. The Bertz CT molecular complexity index is 187. The van der Waals surface area contributed by atoms with Crippen LogP contribution in [-0.4, -0.2) is 31.2 Å². The van der Waals surface area contributed by atoms with E-state index in [-0.39, 0.29) is 0 Å². The lowest BCUT2D eigenvalue weighted by Crippen LogP contribution is -2.43. The molecule has 3 nitrogen and oxygen atoms in total. The van der Waals surface area contributed by atoms with Crippen molar-refractivity contribution in [2.24, 2.45) is 0 Å². The topological polar surface area (TPSA) is 41.1 Å². The molecular weight excluding hydrogens is 185 g/mol. The highest BCUT2D eigenvalue weighted by Gasteiger charge is 2.30. The van der Waals surface area contributed by atoms with Gasteiger partial charge in [0.1, 0.15) is 6.54 Å². The summed E-state index contributed by atoms with van der Waals surface area (Å²) in [7, 11) is 0. The molecule has 1 atom stereocenters. The first-order valence-corrected chi connectivity index (χ1v) is 4.07. The van der Waals surface area contributed by atoms with E-state index >= 15 is 0 Å². The summed E-state index contributed by atoms with van der Waals surface area (Å²) >= 11 is 0. The first-order chi connectivity index (χ1) is 5.99. The summed E-state index contributed by atoms with van der Waals surface area (Å²) in [6.07, 6.45) is -2.87. The monoisotopic (exact) mass is 196 g/mol. The summed E-state index contributed by atoms with van der Waals surface area (Å²) in [5.41, 5.74) is 0. The van der Waals surface area contributed by atoms with Crippen molar-refractivity contribution in [1.82, 2.24) is 10.6 Å². The van der Waals surface area contributed by atoms with E-state index in [2.05, 4.69) is 5.32 Å². The molecule has 0 aromatic rings. The van der Waals surface area contributed by atoms with Crippen LogP contribution in [0.15, 0.2) is 0 Å². The predicted octanol–water partition coefficient (Wildman–Crippen LogP) is 0.417. The van der Waals surface area contributed by atoms with E-state index in [9.17, 15) is 18.0 Å². The molecule has 0 bridgehead atoms. The minimum absolute atomic E-state index is 0.442. The molecule has 0 unspecified atom stereocenters. The van der Waals surface area contributed by atoms with Crippen molar-refractivity contribution in [3.8, 4) is 0 Å². The van der Waals surface area contributed by atoms with Gasteiger partial charge in [-0.2, -0.15) is 13.2 Å². The largest absolute Gasteiger partial charge is 0.405 e. The van der Waals surface area contributed by atoms with Gasteiger partial charge in [0.25, 0.3) is 0 Å². The Morgan fingerprint density at radius 3 is 2.69 bits per heavy atom. The Balaban J connectivity index is 2.25. The Labute approximate surface area is 73.7 Å². The fourth-order valence-corrected chi connectivity index (χ4v) is 1.22. The first kappa shape index (κ1) is 10.3. The Morgan fingerprint density at radius 1 is 1.54 bits per heavy atom. The summed E-state index contributed by atoms with van der Waals surface area (Å²) in [4.78, 5) is 11.0. The Hall–Kier alpha value is -0.780. The maximum Gasteiger partial charge on any atom is 0.405 e. The zero-order chi connectivity index (χ0) is 9.90. The average Bonchev–Trinajstić information content (AvgIpc) is 2.50. The number of amides is 1. The van der Waals surface area contributed by atoms with Crippen LogP contribution in [-0.2, 0) is 4.79 Å². The number of hydrogen-bond donors (Lipinski definition) is 2. The number of halogens is 3. The van der Waals surface area contributed by atoms with Crippen LogP contribution in [0.3, 0.4) is 0 Å². The van der Waals surface area contributed by atoms with Gasteiger partial charge in [-0.1, -0.05) is 0 Å². The zero-order valence-electron chi connectivity index (χ0n) is 6.95. The van der Waals surface area contributed by atoms with Crippen molar-refractivity contribution in [3.05, 3.63) is 0 Å². The van der Waals surface area contributed by atoms with Crippen LogP contribution >= 0.6 is 0 Å². The van der Waals surface area contributed by atoms with Gasteiger partial charge in [-0.15, -0.1) is 0 Å². The number of nitrogens with one attached hydrogen (secondary N) is 2. The summed E-state index contributed by atoms with van der Waals surface area (Å²) in [6, 6.07) is -0.442. The lowest BCUT2D eigenvalue weighted by molar-refractivity contribution is -0.139. The molecule has 1 aliphatic rings. The highest BCUT2D eigenvalue weighted by atomic mass is 19.4. The Morgan fingerprint density at radius 2 is 2.23 bits per heavy atom. The van der Waals surface area contributed by atoms with E-state index in [1.54, 1.807) is 0 Å². The van der Waals surface area contributed by atoms with Crippen molar-refractivity contribution < 1.29 is 18.0 Å². The molecule has 1 amide bonds. The van der Waals surface area contributed by atoms with Gasteiger partial charge in [-0.3, -0.25) is 4.79 Å². The fraction of sp³-hybridized carbons (Fsp3) is 0.857. The quantitative estimate of drug-likeness (QED) is 0.672. The van der Waals surface area contributed by atoms with Crippen molar-refractivity contribution in [1.29, 1.82) is 0 Å². The maximum absolute atomic E-state index is 11.7. The van der Waals surface area contributed by atoms with E-state index in [0.29, 0.717) is 13.0 Å². The molecule has 0 aromatic carbocycles. The van der Waals surface area contributed by atoms with Crippen LogP contribution in [0.1, 0.15) is 12.8 Å². The smallest absolute Gasteiger partial charge is 0.346 e. The van der Waals surface area contributed by atoms with Crippen LogP contribution in [0.5, 0.6) is 0 Å². The zero-order valence-corrected chi connectivity index (χ0v) is 6.95. The van der Waals surface area contributed by atoms with E-state index < -0.39 is 24.7 Å². The molecule has 0 spiro atoms. The molecule has 1 fully saturated rings. The predicted molar refractivity (Wildman–Crippen MR) is 40.1 cm³/mol. The maximum atomic E-state index is 11.7. The van der Waals surface area contributed by atoms with E-state index in [1.165, 1.54) is 0 Å². The van der Waals surface area contributed by atoms with Crippen LogP contribution in [0.4, 0.5) is 13.2 Å². The summed E-state index contributed by atoms with van der Waals surface area (Å²) in [5.74, 6) is -0.560. The molecule has 1 aliphatic heterocycles. The van der Waals surface area contributed by atoms with Gasteiger partial charge >= 0.3 is 6.18 Å². The second-order valence-corrected chi connectivity index (χ2v) is 2.98. The van der Waals surface area contributed by atoms with E-state index in [1.807, 2.05) is 5.32 Å². The van der Waals surface area contributed by atoms with E-state index in [4.69, 9.17) is 0 Å². The third-order valence-electron chi connectivity index (χ3n) is 1.84. The SMILES string of the molecule is O=C(NCC(F)(F)F)[C@@H]1CCCN1. The normalized spacial score (nSPS) is 23.2. The highest BCUT2D eigenvalue weighted by molar-refractivity contribution is 5.82. The fourth-order valence-electron chi connectivity index (χ4n) is 1.22. The molecule has 1 heterocycles. The molecule has 1 rings (SSSR count). The van der Waals surface area contributed by atoms with Gasteiger partial charge in [0.15, 0.2) is 0 Å². The number of alkyl halides is 3. The summed E-state index contributed by atoms with van der Waals surface area (Å²) in [5, 5.41) is 4.65. The standard InChI is InChI=1S/C7H11F3N2O/c8-7(9,10)4-12-6(13)5-2-1-3-11-5/h5,11H,1-4H2,(H,12,13)/t5-/m0/s1. The molecule has 0 aromatic heterocycles. The van der Waals surface area contributed by atoms with Crippen LogP contribution in [0, 0.1) is 0 Å².